The van der Waals surface area contributed by atoms with Crippen LogP contribution in [0.3, 0.4) is 0 Å². The Balaban J connectivity index is 2.43. The van der Waals surface area contributed by atoms with Gasteiger partial charge in [-0.25, -0.2) is 0 Å². The second-order valence-electron chi connectivity index (χ2n) is 4.73. The van der Waals surface area contributed by atoms with Crippen molar-refractivity contribution in [1.82, 2.24) is 0 Å². The molecule has 0 spiro atoms. The molecule has 2 aromatic carbocycles. The van der Waals surface area contributed by atoms with Gasteiger partial charge in [0.2, 0.25) is 0 Å². The van der Waals surface area contributed by atoms with Gasteiger partial charge >= 0.3 is 0 Å². The molecule has 116 valence electrons. The van der Waals surface area contributed by atoms with Gasteiger partial charge in [-0.3, -0.25) is 4.79 Å². The first kappa shape index (κ1) is 16.2. The van der Waals surface area contributed by atoms with Crippen molar-refractivity contribution in [3.05, 3.63) is 40.9 Å². The predicted molar refractivity (Wildman–Crippen MR) is 86.3 cm³/mol. The van der Waals surface area contributed by atoms with Crippen molar-refractivity contribution in [1.29, 1.82) is 0 Å². The highest BCUT2D eigenvalue weighted by Crippen LogP contribution is 2.37. The van der Waals surface area contributed by atoms with Crippen LogP contribution in [0.5, 0.6) is 17.2 Å². The molecule has 0 aliphatic rings. The molecule has 0 aliphatic heterocycles. The third-order valence-electron chi connectivity index (χ3n) is 3.18. The number of carbonyl (C=O) groups excluding carboxylic acids is 1. The highest BCUT2D eigenvalue weighted by Gasteiger charge is 2.12. The summed E-state index contributed by atoms with van der Waals surface area (Å²) < 4.78 is 10.6. The molecule has 22 heavy (non-hydrogen) atoms. The summed E-state index contributed by atoms with van der Waals surface area (Å²) in [7, 11) is 1.43. The predicted octanol–water partition coefficient (Wildman–Crippen LogP) is 4.32. The van der Waals surface area contributed by atoms with E-state index in [1.807, 2.05) is 13.0 Å². The van der Waals surface area contributed by atoms with Crippen LogP contribution in [0.1, 0.15) is 23.7 Å². The van der Waals surface area contributed by atoms with E-state index in [2.05, 4.69) is 0 Å². The lowest BCUT2D eigenvalue weighted by Gasteiger charge is -2.11. The van der Waals surface area contributed by atoms with E-state index < -0.39 is 0 Å². The number of phenols is 1. The molecular formula is C17H17ClO4. The molecule has 2 aromatic rings. The number of rotatable bonds is 6. The number of ether oxygens (including phenoxy) is 2. The van der Waals surface area contributed by atoms with Gasteiger partial charge in [-0.1, -0.05) is 24.6 Å². The van der Waals surface area contributed by atoms with E-state index in [0.717, 1.165) is 17.5 Å². The molecule has 0 fully saturated rings. The number of hydrogen-bond donors (Lipinski definition) is 1. The first-order valence-electron chi connectivity index (χ1n) is 6.89. The van der Waals surface area contributed by atoms with Crippen LogP contribution in [0.4, 0.5) is 0 Å². The molecule has 0 saturated carbocycles. The molecule has 5 heteroatoms. The molecule has 0 unspecified atom stereocenters. The summed E-state index contributed by atoms with van der Waals surface area (Å²) in [5, 5.41) is 10.3. The number of aromatic hydroxyl groups is 1. The molecule has 0 heterocycles. The Kier molecular flexibility index (Phi) is 5.28. The average Bonchev–Trinajstić information content (AvgIpc) is 2.54. The molecule has 0 atom stereocenters. The Morgan fingerprint density at radius 2 is 1.95 bits per heavy atom. The van der Waals surface area contributed by atoms with Gasteiger partial charge in [0.25, 0.3) is 0 Å². The minimum absolute atomic E-state index is 0.164. The average molecular weight is 321 g/mol. The number of phenolic OH excluding ortho intramolecular Hbond substituents is 1. The molecule has 0 amide bonds. The monoisotopic (exact) mass is 320 g/mol. The number of aldehydes is 1. The summed E-state index contributed by atoms with van der Waals surface area (Å²) in [6.07, 6.45) is 1.48. The van der Waals surface area contributed by atoms with Gasteiger partial charge in [-0.05, 0) is 41.8 Å². The van der Waals surface area contributed by atoms with Crippen LogP contribution >= 0.6 is 11.6 Å². The summed E-state index contributed by atoms with van der Waals surface area (Å²) in [5.41, 5.74) is 1.69. The van der Waals surface area contributed by atoms with E-state index in [9.17, 15) is 9.90 Å². The van der Waals surface area contributed by atoms with Crippen LogP contribution in [-0.4, -0.2) is 25.1 Å². The Labute approximate surface area is 134 Å². The van der Waals surface area contributed by atoms with Crippen molar-refractivity contribution in [2.24, 2.45) is 0 Å². The quantitative estimate of drug-likeness (QED) is 0.805. The summed E-state index contributed by atoms with van der Waals surface area (Å²) in [6, 6.07) is 8.63. The summed E-state index contributed by atoms with van der Waals surface area (Å²) >= 11 is 6.22. The van der Waals surface area contributed by atoms with E-state index in [-0.39, 0.29) is 17.1 Å². The van der Waals surface area contributed by atoms with E-state index in [1.165, 1.54) is 7.11 Å². The number of benzene rings is 2. The number of halogens is 1. The van der Waals surface area contributed by atoms with Crippen LogP contribution in [-0.2, 0) is 0 Å². The highest BCUT2D eigenvalue weighted by molar-refractivity contribution is 6.32. The molecule has 0 radical (unpaired) electrons. The topological polar surface area (TPSA) is 55.8 Å². The third-order valence-corrected chi connectivity index (χ3v) is 3.47. The summed E-state index contributed by atoms with van der Waals surface area (Å²) in [6.45, 7) is 2.62. The minimum Gasteiger partial charge on any atom is -0.504 e. The second kappa shape index (κ2) is 7.18. The maximum atomic E-state index is 11.1. The number of methoxy groups -OCH3 is 1. The Morgan fingerprint density at radius 1 is 1.18 bits per heavy atom. The van der Waals surface area contributed by atoms with Gasteiger partial charge in [0.1, 0.15) is 5.75 Å². The van der Waals surface area contributed by atoms with Crippen LogP contribution < -0.4 is 9.47 Å². The SMILES string of the molecule is CCCOc1ccc(-c2cc(C=O)c(O)c(OC)c2)cc1Cl. The molecule has 0 saturated heterocycles. The highest BCUT2D eigenvalue weighted by atomic mass is 35.5. The minimum atomic E-state index is -0.171. The van der Waals surface area contributed by atoms with Gasteiger partial charge in [0.05, 0.1) is 24.3 Å². The lowest BCUT2D eigenvalue weighted by atomic mass is 10.0. The van der Waals surface area contributed by atoms with Gasteiger partial charge in [-0.2, -0.15) is 0 Å². The van der Waals surface area contributed by atoms with E-state index in [1.54, 1.807) is 24.3 Å². The van der Waals surface area contributed by atoms with Crippen molar-refractivity contribution in [2.75, 3.05) is 13.7 Å². The standard InChI is InChI=1S/C17H17ClO4/c1-3-6-22-15-5-4-11(8-14(15)18)12-7-13(10-19)17(20)16(9-12)21-2/h4-5,7-10,20H,3,6H2,1-2H3. The first-order chi connectivity index (χ1) is 10.6. The number of carbonyl (C=O) groups is 1. The van der Waals surface area contributed by atoms with Crippen molar-refractivity contribution >= 4 is 17.9 Å². The molecule has 2 rings (SSSR count). The second-order valence-corrected chi connectivity index (χ2v) is 5.14. The lowest BCUT2D eigenvalue weighted by molar-refractivity contribution is 0.112. The van der Waals surface area contributed by atoms with Gasteiger partial charge in [0.15, 0.2) is 17.8 Å². The largest absolute Gasteiger partial charge is 0.504 e. The normalized spacial score (nSPS) is 10.3. The van der Waals surface area contributed by atoms with E-state index in [4.69, 9.17) is 21.1 Å². The number of hydrogen-bond acceptors (Lipinski definition) is 4. The van der Waals surface area contributed by atoms with Crippen LogP contribution in [0.25, 0.3) is 11.1 Å². The van der Waals surface area contributed by atoms with Gasteiger partial charge in [-0.15, -0.1) is 0 Å². The Hall–Kier alpha value is -2.20. The van der Waals surface area contributed by atoms with E-state index >= 15 is 0 Å². The van der Waals surface area contributed by atoms with Crippen molar-refractivity contribution in [3.8, 4) is 28.4 Å². The zero-order chi connectivity index (χ0) is 16.1. The zero-order valence-electron chi connectivity index (χ0n) is 12.4. The molecule has 0 bridgehead atoms. The molecule has 0 aliphatic carbocycles. The summed E-state index contributed by atoms with van der Waals surface area (Å²) in [5.74, 6) is 0.686. The fourth-order valence-electron chi connectivity index (χ4n) is 2.05. The van der Waals surface area contributed by atoms with Crippen LogP contribution in [0, 0.1) is 0 Å². The maximum absolute atomic E-state index is 11.1. The maximum Gasteiger partial charge on any atom is 0.168 e. The van der Waals surface area contributed by atoms with Crippen molar-refractivity contribution in [3.63, 3.8) is 0 Å². The lowest BCUT2D eigenvalue weighted by Crippen LogP contribution is -1.96. The van der Waals surface area contributed by atoms with Crippen LogP contribution in [0.15, 0.2) is 30.3 Å². The van der Waals surface area contributed by atoms with Gasteiger partial charge < -0.3 is 14.6 Å². The van der Waals surface area contributed by atoms with Crippen molar-refractivity contribution in [2.45, 2.75) is 13.3 Å². The van der Waals surface area contributed by atoms with Gasteiger partial charge in [0, 0.05) is 0 Å². The zero-order valence-corrected chi connectivity index (χ0v) is 13.2. The fraction of sp³-hybridized carbons (Fsp3) is 0.235. The molecular weight excluding hydrogens is 304 g/mol. The van der Waals surface area contributed by atoms with Crippen molar-refractivity contribution < 1.29 is 19.4 Å². The summed E-state index contributed by atoms with van der Waals surface area (Å²) in [4.78, 5) is 11.1. The van der Waals surface area contributed by atoms with E-state index in [0.29, 0.717) is 23.7 Å². The third kappa shape index (κ3) is 3.34. The Bertz CT molecular complexity index is 683. The van der Waals surface area contributed by atoms with Crippen LogP contribution in [0.2, 0.25) is 5.02 Å². The molecule has 0 aromatic heterocycles. The first-order valence-corrected chi connectivity index (χ1v) is 7.27. The smallest absolute Gasteiger partial charge is 0.168 e. The fourth-order valence-corrected chi connectivity index (χ4v) is 2.29. The Morgan fingerprint density at radius 3 is 2.55 bits per heavy atom. The molecule has 1 N–H and O–H groups in total. The molecule has 4 nitrogen and oxygen atoms in total.